The largest absolute Gasteiger partial charge is 0.363 e. The van der Waals surface area contributed by atoms with E-state index >= 15 is 0 Å². The number of hydrogen-bond donors (Lipinski definition) is 0. The monoisotopic (exact) mass is 260 g/mol. The maximum Gasteiger partial charge on any atom is 0.139 e. The first-order valence-electron chi connectivity index (χ1n) is 6.84. The van der Waals surface area contributed by atoms with Crippen LogP contribution in [0.3, 0.4) is 0 Å². The number of hydrogen-bond acceptors (Lipinski definition) is 4. The van der Waals surface area contributed by atoms with Gasteiger partial charge in [-0.15, -0.1) is 0 Å². The first-order valence-corrected chi connectivity index (χ1v) is 6.84. The molecule has 0 aromatic heterocycles. The summed E-state index contributed by atoms with van der Waals surface area (Å²) in [4.78, 5) is 23.6. The molecule has 0 aliphatic carbocycles. The van der Waals surface area contributed by atoms with Gasteiger partial charge < -0.3 is 9.47 Å². The number of ether oxygens (including phenoxy) is 2. The van der Waals surface area contributed by atoms with Crippen LogP contribution in [0.2, 0.25) is 0 Å². The van der Waals surface area contributed by atoms with Gasteiger partial charge in [-0.1, -0.05) is 24.3 Å². The van der Waals surface area contributed by atoms with Gasteiger partial charge in [0.25, 0.3) is 0 Å². The standard InChI is InChI=1S/C15H16O4/c16-10-5-12-1-3-14(7-10,18-12)9-15-4-2-13(19-15)6-11(17)8-15/h1-4,12-13H,5-9H2/t12-,13-,14+,15+/m0/s1. The molecule has 0 aromatic rings. The molecular formula is C15H16O4. The number of ketones is 2. The Morgan fingerprint density at radius 2 is 1.42 bits per heavy atom. The van der Waals surface area contributed by atoms with E-state index in [1.807, 2.05) is 24.3 Å². The fraction of sp³-hybridized carbons (Fsp3) is 0.600. The van der Waals surface area contributed by atoms with Crippen LogP contribution in [0.5, 0.6) is 0 Å². The Balaban J connectivity index is 1.61. The number of Topliss-reactive ketones (excluding diaryl/α,β-unsaturated/α-hetero) is 2. The zero-order chi connectivity index (χ0) is 13.1. The van der Waals surface area contributed by atoms with Crippen LogP contribution in [-0.2, 0) is 19.1 Å². The summed E-state index contributed by atoms with van der Waals surface area (Å²) < 4.78 is 12.0. The van der Waals surface area contributed by atoms with Gasteiger partial charge in [0.2, 0.25) is 0 Å². The van der Waals surface area contributed by atoms with Crippen molar-refractivity contribution in [3.05, 3.63) is 24.3 Å². The SMILES string of the molecule is O=C1C[C@@H]2C=C[C@](C[C@@]34C=C[C@@H](CC(=O)C3)O4)(C1)O2. The molecule has 0 aromatic carbocycles. The van der Waals surface area contributed by atoms with Crippen molar-refractivity contribution >= 4 is 11.6 Å². The average Bonchev–Trinajstić information content (AvgIpc) is 2.76. The van der Waals surface area contributed by atoms with Crippen LogP contribution in [0.15, 0.2) is 24.3 Å². The zero-order valence-corrected chi connectivity index (χ0v) is 10.6. The van der Waals surface area contributed by atoms with Crippen molar-refractivity contribution in [1.82, 2.24) is 0 Å². The second kappa shape index (κ2) is 3.64. The summed E-state index contributed by atoms with van der Waals surface area (Å²) in [5.74, 6) is 0.469. The molecule has 4 atom stereocenters. The fourth-order valence-electron chi connectivity index (χ4n) is 3.84. The highest BCUT2D eigenvalue weighted by Crippen LogP contribution is 2.46. The minimum Gasteiger partial charge on any atom is -0.363 e. The highest BCUT2D eigenvalue weighted by molar-refractivity contribution is 5.83. The van der Waals surface area contributed by atoms with Gasteiger partial charge >= 0.3 is 0 Å². The van der Waals surface area contributed by atoms with Gasteiger partial charge in [-0.2, -0.15) is 0 Å². The third kappa shape index (κ3) is 1.82. The van der Waals surface area contributed by atoms with E-state index in [9.17, 15) is 9.59 Å². The zero-order valence-electron chi connectivity index (χ0n) is 10.6. The van der Waals surface area contributed by atoms with E-state index in [1.165, 1.54) is 0 Å². The molecule has 19 heavy (non-hydrogen) atoms. The molecule has 4 nitrogen and oxygen atoms in total. The van der Waals surface area contributed by atoms with Gasteiger partial charge in [-0.05, 0) is 0 Å². The maximum absolute atomic E-state index is 11.8. The molecule has 4 heteroatoms. The molecule has 0 unspecified atom stereocenters. The molecule has 4 aliphatic rings. The number of carbonyl (C=O) groups is 2. The Kier molecular flexibility index (Phi) is 2.22. The minimum atomic E-state index is -0.559. The molecule has 4 aliphatic heterocycles. The van der Waals surface area contributed by atoms with Gasteiger partial charge in [0.1, 0.15) is 11.6 Å². The summed E-state index contributed by atoms with van der Waals surface area (Å²) in [5.41, 5.74) is -1.12. The van der Waals surface area contributed by atoms with Gasteiger partial charge in [-0.25, -0.2) is 0 Å². The Labute approximate surface area is 111 Å². The van der Waals surface area contributed by atoms with Gasteiger partial charge in [-0.3, -0.25) is 9.59 Å². The number of carbonyl (C=O) groups excluding carboxylic acids is 2. The smallest absolute Gasteiger partial charge is 0.139 e. The van der Waals surface area contributed by atoms with Crippen LogP contribution in [-0.4, -0.2) is 35.0 Å². The second-order valence-electron chi connectivity index (χ2n) is 6.18. The molecule has 2 saturated heterocycles. The van der Waals surface area contributed by atoms with E-state index in [4.69, 9.17) is 9.47 Å². The van der Waals surface area contributed by atoms with Crippen molar-refractivity contribution in [3.8, 4) is 0 Å². The minimum absolute atomic E-state index is 0.0851. The fourth-order valence-corrected chi connectivity index (χ4v) is 3.84. The number of fused-ring (bicyclic) bond motifs is 4. The van der Waals surface area contributed by atoms with Crippen LogP contribution in [0.4, 0.5) is 0 Å². The maximum atomic E-state index is 11.8. The Morgan fingerprint density at radius 1 is 0.947 bits per heavy atom. The highest BCUT2D eigenvalue weighted by atomic mass is 16.5. The lowest BCUT2D eigenvalue weighted by molar-refractivity contribution is -0.156. The normalized spacial score (nSPS) is 47.2. The Morgan fingerprint density at radius 3 is 1.89 bits per heavy atom. The quantitative estimate of drug-likeness (QED) is 0.706. The highest BCUT2D eigenvalue weighted by Gasteiger charge is 2.52. The molecule has 2 fully saturated rings. The summed E-state index contributed by atoms with van der Waals surface area (Å²) in [6, 6.07) is 0. The molecule has 0 radical (unpaired) electrons. The van der Waals surface area contributed by atoms with E-state index in [-0.39, 0.29) is 23.8 Å². The lowest BCUT2D eigenvalue weighted by Crippen LogP contribution is -2.48. The Bertz CT molecular complexity index is 474. The molecule has 100 valence electrons. The summed E-state index contributed by atoms with van der Waals surface area (Å²) in [6.07, 6.45) is 10.1. The lowest BCUT2D eigenvalue weighted by Gasteiger charge is -2.41. The first kappa shape index (κ1) is 11.6. The molecule has 0 amide bonds. The van der Waals surface area contributed by atoms with Gasteiger partial charge in [0.05, 0.1) is 23.4 Å². The summed E-state index contributed by atoms with van der Waals surface area (Å²) in [7, 11) is 0. The van der Waals surface area contributed by atoms with E-state index in [0.717, 1.165) is 0 Å². The summed E-state index contributed by atoms with van der Waals surface area (Å²) in [5, 5.41) is 0. The van der Waals surface area contributed by atoms with Crippen molar-refractivity contribution in [3.63, 3.8) is 0 Å². The molecule has 4 heterocycles. The average molecular weight is 260 g/mol. The van der Waals surface area contributed by atoms with Gasteiger partial charge in [0, 0.05) is 32.1 Å². The molecular weight excluding hydrogens is 244 g/mol. The topological polar surface area (TPSA) is 52.6 Å². The van der Waals surface area contributed by atoms with Crippen LogP contribution in [0, 0.1) is 0 Å². The lowest BCUT2D eigenvalue weighted by atomic mass is 9.80. The second-order valence-corrected chi connectivity index (χ2v) is 6.18. The molecule has 4 bridgehead atoms. The predicted octanol–water partition coefficient (Wildman–Crippen LogP) is 1.49. The first-order chi connectivity index (χ1) is 9.07. The van der Waals surface area contributed by atoms with Crippen molar-refractivity contribution < 1.29 is 19.1 Å². The third-order valence-corrected chi connectivity index (χ3v) is 4.45. The summed E-state index contributed by atoms with van der Waals surface area (Å²) >= 11 is 0. The van der Waals surface area contributed by atoms with Crippen molar-refractivity contribution in [2.75, 3.05) is 0 Å². The molecule has 0 saturated carbocycles. The molecule has 4 rings (SSSR count). The van der Waals surface area contributed by atoms with E-state index < -0.39 is 11.2 Å². The third-order valence-electron chi connectivity index (χ3n) is 4.45. The Hall–Kier alpha value is -1.26. The van der Waals surface area contributed by atoms with Crippen molar-refractivity contribution in [1.29, 1.82) is 0 Å². The molecule has 0 N–H and O–H groups in total. The molecule has 0 spiro atoms. The van der Waals surface area contributed by atoms with Gasteiger partial charge in [0.15, 0.2) is 0 Å². The summed E-state index contributed by atoms with van der Waals surface area (Å²) in [6.45, 7) is 0. The van der Waals surface area contributed by atoms with Crippen LogP contribution >= 0.6 is 0 Å². The van der Waals surface area contributed by atoms with E-state index in [0.29, 0.717) is 32.1 Å². The van der Waals surface area contributed by atoms with Crippen LogP contribution < -0.4 is 0 Å². The number of rotatable bonds is 2. The van der Waals surface area contributed by atoms with Crippen LogP contribution in [0.1, 0.15) is 32.1 Å². The van der Waals surface area contributed by atoms with Crippen LogP contribution in [0.25, 0.3) is 0 Å². The van der Waals surface area contributed by atoms with Crippen molar-refractivity contribution in [2.45, 2.75) is 55.5 Å². The predicted molar refractivity (Wildman–Crippen MR) is 66.6 cm³/mol. The van der Waals surface area contributed by atoms with E-state index in [1.54, 1.807) is 0 Å². The van der Waals surface area contributed by atoms with Crippen molar-refractivity contribution in [2.24, 2.45) is 0 Å². The van der Waals surface area contributed by atoms with E-state index in [2.05, 4.69) is 0 Å².